The summed E-state index contributed by atoms with van der Waals surface area (Å²) in [5, 5.41) is 0. The first kappa shape index (κ1) is 7.74. The highest BCUT2D eigenvalue weighted by atomic mass is 19.3. The first-order valence-corrected chi connectivity index (χ1v) is 3.09. The third-order valence-corrected chi connectivity index (χ3v) is 1.33. The molecule has 0 aliphatic carbocycles. The second-order valence-corrected chi connectivity index (χ2v) is 2.07. The van der Waals surface area contributed by atoms with Crippen LogP contribution in [0.3, 0.4) is 0 Å². The molecule has 1 aromatic rings. The second kappa shape index (κ2) is 3.16. The Hall–Kier alpha value is -1.36. The summed E-state index contributed by atoms with van der Waals surface area (Å²) < 4.78 is 23.9. The molecule has 0 spiro atoms. The van der Waals surface area contributed by atoms with E-state index in [4.69, 9.17) is 6.42 Å². The Balaban J connectivity index is 2.94. The van der Waals surface area contributed by atoms with Crippen LogP contribution in [0.25, 0.3) is 0 Å². The topological polar surface area (TPSA) is 0 Å². The maximum absolute atomic E-state index is 12.0. The van der Waals surface area contributed by atoms with Crippen molar-refractivity contribution in [3.63, 3.8) is 0 Å². The largest absolute Gasteiger partial charge is 0.263 e. The van der Waals surface area contributed by atoms with Crippen LogP contribution in [-0.2, 0) is 0 Å². The summed E-state index contributed by atoms with van der Waals surface area (Å²) >= 11 is 0. The van der Waals surface area contributed by atoms with E-state index >= 15 is 0 Å². The van der Waals surface area contributed by atoms with Crippen LogP contribution >= 0.6 is 0 Å². The number of terminal acetylenes is 1. The van der Waals surface area contributed by atoms with E-state index in [1.165, 1.54) is 24.3 Å². The standard InChI is InChI=1S/C9H6F2/c1-2-7-3-5-8(6-4-7)9(10)11/h1,3-6,9H. The summed E-state index contributed by atoms with van der Waals surface area (Å²) in [7, 11) is 0. The Morgan fingerprint density at radius 2 is 1.73 bits per heavy atom. The fourth-order valence-electron chi connectivity index (χ4n) is 0.725. The molecule has 0 saturated carbocycles. The van der Waals surface area contributed by atoms with Crippen molar-refractivity contribution < 1.29 is 8.78 Å². The van der Waals surface area contributed by atoms with Crippen molar-refractivity contribution in [2.24, 2.45) is 0 Å². The second-order valence-electron chi connectivity index (χ2n) is 2.07. The number of benzene rings is 1. The van der Waals surface area contributed by atoms with Crippen LogP contribution in [0.15, 0.2) is 24.3 Å². The van der Waals surface area contributed by atoms with Gasteiger partial charge in [0, 0.05) is 11.1 Å². The minimum atomic E-state index is -2.41. The molecule has 0 heterocycles. The molecule has 1 aromatic carbocycles. The SMILES string of the molecule is C#Cc1ccc(C(F)F)cc1. The summed E-state index contributed by atoms with van der Waals surface area (Å²) in [6.07, 6.45) is 2.62. The number of halogens is 2. The van der Waals surface area contributed by atoms with Crippen LogP contribution in [0.4, 0.5) is 8.78 Å². The van der Waals surface area contributed by atoms with Crippen LogP contribution in [0, 0.1) is 12.3 Å². The lowest BCUT2D eigenvalue weighted by Gasteiger charge is -1.97. The van der Waals surface area contributed by atoms with E-state index in [0.29, 0.717) is 5.56 Å². The third-order valence-electron chi connectivity index (χ3n) is 1.33. The van der Waals surface area contributed by atoms with Gasteiger partial charge in [0.25, 0.3) is 6.43 Å². The van der Waals surface area contributed by atoms with Gasteiger partial charge in [-0.15, -0.1) is 6.42 Å². The molecule has 0 aromatic heterocycles. The number of hydrogen-bond acceptors (Lipinski definition) is 0. The smallest absolute Gasteiger partial charge is 0.205 e. The number of alkyl halides is 2. The summed E-state index contributed by atoms with van der Waals surface area (Å²) in [4.78, 5) is 0. The van der Waals surface area contributed by atoms with Gasteiger partial charge in [-0.1, -0.05) is 18.1 Å². The van der Waals surface area contributed by atoms with Crippen LogP contribution in [-0.4, -0.2) is 0 Å². The molecular weight excluding hydrogens is 146 g/mol. The van der Waals surface area contributed by atoms with Crippen molar-refractivity contribution in [3.8, 4) is 12.3 Å². The van der Waals surface area contributed by atoms with Gasteiger partial charge in [0.2, 0.25) is 0 Å². The predicted molar refractivity (Wildman–Crippen MR) is 39.3 cm³/mol. The summed E-state index contributed by atoms with van der Waals surface area (Å²) in [6.45, 7) is 0. The van der Waals surface area contributed by atoms with Gasteiger partial charge in [-0.25, -0.2) is 8.78 Å². The first-order chi connectivity index (χ1) is 5.24. The van der Waals surface area contributed by atoms with Crippen molar-refractivity contribution in [3.05, 3.63) is 35.4 Å². The first-order valence-electron chi connectivity index (χ1n) is 3.09. The molecule has 0 saturated heterocycles. The van der Waals surface area contributed by atoms with Gasteiger partial charge in [-0.05, 0) is 12.1 Å². The highest BCUT2D eigenvalue weighted by molar-refractivity contribution is 5.34. The van der Waals surface area contributed by atoms with Gasteiger partial charge < -0.3 is 0 Å². The molecule has 0 aliphatic heterocycles. The van der Waals surface area contributed by atoms with E-state index < -0.39 is 6.43 Å². The molecule has 1 rings (SSSR count). The zero-order chi connectivity index (χ0) is 8.27. The van der Waals surface area contributed by atoms with E-state index in [1.807, 2.05) is 0 Å². The summed E-state index contributed by atoms with van der Waals surface area (Å²) in [5.74, 6) is 2.35. The highest BCUT2D eigenvalue weighted by Crippen LogP contribution is 2.18. The average molecular weight is 152 g/mol. The fourth-order valence-corrected chi connectivity index (χ4v) is 0.725. The van der Waals surface area contributed by atoms with Crippen molar-refractivity contribution in [1.82, 2.24) is 0 Å². The third kappa shape index (κ3) is 1.78. The highest BCUT2D eigenvalue weighted by Gasteiger charge is 2.04. The van der Waals surface area contributed by atoms with E-state index in [-0.39, 0.29) is 5.56 Å². The molecule has 0 atom stereocenters. The predicted octanol–water partition coefficient (Wildman–Crippen LogP) is 2.61. The van der Waals surface area contributed by atoms with Crippen LogP contribution in [0.1, 0.15) is 17.6 Å². The van der Waals surface area contributed by atoms with Gasteiger partial charge >= 0.3 is 0 Å². The monoisotopic (exact) mass is 152 g/mol. The summed E-state index contributed by atoms with van der Waals surface area (Å²) in [6, 6.07) is 5.67. The molecule has 0 unspecified atom stereocenters. The Labute approximate surface area is 63.9 Å². The quantitative estimate of drug-likeness (QED) is 0.542. The Morgan fingerprint density at radius 1 is 1.18 bits per heavy atom. The Bertz CT molecular complexity index is 267. The molecule has 0 bridgehead atoms. The van der Waals surface area contributed by atoms with Crippen LogP contribution < -0.4 is 0 Å². The Kier molecular flexibility index (Phi) is 2.22. The Morgan fingerprint density at radius 3 is 2.09 bits per heavy atom. The van der Waals surface area contributed by atoms with Crippen LogP contribution in [0.5, 0.6) is 0 Å². The van der Waals surface area contributed by atoms with Gasteiger partial charge in [0.1, 0.15) is 0 Å². The normalized spacial score (nSPS) is 9.64. The lowest BCUT2D eigenvalue weighted by Crippen LogP contribution is -1.82. The van der Waals surface area contributed by atoms with Crippen molar-refractivity contribution in [2.45, 2.75) is 6.43 Å². The fraction of sp³-hybridized carbons (Fsp3) is 0.111. The molecule has 2 heteroatoms. The molecule has 0 N–H and O–H groups in total. The van der Waals surface area contributed by atoms with E-state index in [0.717, 1.165) is 0 Å². The average Bonchev–Trinajstić information content (AvgIpc) is 2.05. The van der Waals surface area contributed by atoms with E-state index in [1.54, 1.807) is 0 Å². The minimum absolute atomic E-state index is 0.00370. The minimum Gasteiger partial charge on any atom is -0.205 e. The zero-order valence-corrected chi connectivity index (χ0v) is 5.72. The van der Waals surface area contributed by atoms with Crippen LogP contribution in [0.2, 0.25) is 0 Å². The zero-order valence-electron chi connectivity index (χ0n) is 5.72. The van der Waals surface area contributed by atoms with Crippen molar-refractivity contribution in [1.29, 1.82) is 0 Å². The lowest BCUT2D eigenvalue weighted by atomic mass is 10.1. The van der Waals surface area contributed by atoms with Gasteiger partial charge in [0.05, 0.1) is 0 Å². The molecule has 0 amide bonds. The molecule has 0 aliphatic rings. The maximum atomic E-state index is 12.0. The number of hydrogen-bond donors (Lipinski definition) is 0. The van der Waals surface area contributed by atoms with Gasteiger partial charge in [-0.2, -0.15) is 0 Å². The molecule has 0 fully saturated rings. The molecule has 0 nitrogen and oxygen atoms in total. The lowest BCUT2D eigenvalue weighted by molar-refractivity contribution is 0.151. The molecule has 56 valence electrons. The summed E-state index contributed by atoms with van der Waals surface area (Å²) in [5.41, 5.74) is 0.624. The molecule has 11 heavy (non-hydrogen) atoms. The number of rotatable bonds is 1. The van der Waals surface area contributed by atoms with Crippen molar-refractivity contribution in [2.75, 3.05) is 0 Å². The van der Waals surface area contributed by atoms with E-state index in [9.17, 15) is 8.78 Å². The van der Waals surface area contributed by atoms with Crippen molar-refractivity contribution >= 4 is 0 Å². The molecular formula is C9H6F2. The van der Waals surface area contributed by atoms with Gasteiger partial charge in [-0.3, -0.25) is 0 Å². The van der Waals surface area contributed by atoms with Gasteiger partial charge in [0.15, 0.2) is 0 Å². The molecule has 0 radical (unpaired) electrons. The van der Waals surface area contributed by atoms with E-state index in [2.05, 4.69) is 5.92 Å². The maximum Gasteiger partial charge on any atom is 0.263 e.